The van der Waals surface area contributed by atoms with E-state index in [2.05, 4.69) is 5.32 Å². The molecule has 0 spiro atoms. The number of aromatic hydroxyl groups is 1. The Morgan fingerprint density at radius 1 is 1.05 bits per heavy atom. The molecule has 1 amide bonds. The summed E-state index contributed by atoms with van der Waals surface area (Å²) in [5.41, 5.74) is 1.71. The predicted molar refractivity (Wildman–Crippen MR) is 149 cm³/mol. The van der Waals surface area contributed by atoms with Gasteiger partial charge in [0.1, 0.15) is 5.82 Å². The summed E-state index contributed by atoms with van der Waals surface area (Å²) < 4.78 is 32.6. The van der Waals surface area contributed by atoms with Crippen LogP contribution in [0.25, 0.3) is 11.1 Å². The van der Waals surface area contributed by atoms with E-state index < -0.39 is 29.8 Å². The number of carbonyl (C=O) groups excluding carboxylic acids is 2. The van der Waals surface area contributed by atoms with Crippen LogP contribution in [0.1, 0.15) is 50.5 Å². The Kier molecular flexibility index (Phi) is 8.79. The average Bonchev–Trinajstić information content (AvgIpc) is 2.91. The van der Waals surface area contributed by atoms with Crippen LogP contribution in [0.3, 0.4) is 0 Å². The first kappa shape index (κ1) is 29.1. The number of phenols is 1. The molecule has 1 heterocycles. The Balaban J connectivity index is 1.68. The second-order valence-electron chi connectivity index (χ2n) is 10.8. The minimum Gasteiger partial charge on any atom is -0.504 e. The van der Waals surface area contributed by atoms with Gasteiger partial charge in [-0.15, -0.1) is 0 Å². The van der Waals surface area contributed by atoms with Crippen molar-refractivity contribution in [3.63, 3.8) is 0 Å². The zero-order chi connectivity index (χ0) is 29.0. The lowest BCUT2D eigenvalue weighted by Gasteiger charge is -2.48. The van der Waals surface area contributed by atoms with Gasteiger partial charge in [0.2, 0.25) is 12.2 Å². The van der Waals surface area contributed by atoms with Crippen LogP contribution >= 0.6 is 0 Å². The zero-order valence-corrected chi connectivity index (χ0v) is 23.4. The van der Waals surface area contributed by atoms with Crippen LogP contribution in [0.15, 0.2) is 66.7 Å². The Morgan fingerprint density at radius 2 is 1.77 bits per heavy atom. The lowest BCUT2D eigenvalue weighted by atomic mass is 9.77. The Morgan fingerprint density at radius 3 is 2.45 bits per heavy atom. The van der Waals surface area contributed by atoms with Crippen LogP contribution in [-0.4, -0.2) is 41.5 Å². The Bertz CT molecular complexity index is 1360. The van der Waals surface area contributed by atoms with Crippen LogP contribution in [0.4, 0.5) is 4.39 Å². The molecule has 4 atom stereocenters. The van der Waals surface area contributed by atoms with E-state index in [9.17, 15) is 19.1 Å². The fourth-order valence-electron chi connectivity index (χ4n) is 4.99. The summed E-state index contributed by atoms with van der Waals surface area (Å²) in [6.45, 7) is 9.69. The Hall–Kier alpha value is -3.91. The molecule has 1 saturated heterocycles. The lowest BCUT2D eigenvalue weighted by Crippen LogP contribution is -2.57. The van der Waals surface area contributed by atoms with Gasteiger partial charge in [0.25, 0.3) is 0 Å². The standard InChI is InChI=1S/C32H36FNO6/c1-19-20(2)32(4,5)40-31(29(19)39-30(37)22-10-7-6-8-11-22)38-28-17-24(14-15-34-21(3)35)26(18-27(28)36)23-12-9-13-25(33)16-23/h6-13,16-20,29,31,36H,14-15H2,1-5H3,(H,34,35)/t19-,20-,29-,31-/m1/s1. The predicted octanol–water partition coefficient (Wildman–Crippen LogP) is 5.89. The quantitative estimate of drug-likeness (QED) is 0.341. The first-order chi connectivity index (χ1) is 19.0. The minimum absolute atomic E-state index is 0.0260. The summed E-state index contributed by atoms with van der Waals surface area (Å²) >= 11 is 0. The maximum Gasteiger partial charge on any atom is 0.338 e. The third-order valence-corrected chi connectivity index (χ3v) is 7.68. The van der Waals surface area contributed by atoms with Crippen LogP contribution in [0.2, 0.25) is 0 Å². The van der Waals surface area contributed by atoms with Crippen molar-refractivity contribution in [2.75, 3.05) is 6.54 Å². The number of halogens is 1. The van der Waals surface area contributed by atoms with Crippen molar-refractivity contribution in [1.82, 2.24) is 5.32 Å². The van der Waals surface area contributed by atoms with Crippen LogP contribution < -0.4 is 10.1 Å². The van der Waals surface area contributed by atoms with Crippen LogP contribution in [0, 0.1) is 17.7 Å². The van der Waals surface area contributed by atoms with Gasteiger partial charge in [0.15, 0.2) is 17.6 Å². The number of rotatable bonds is 8. The summed E-state index contributed by atoms with van der Waals surface area (Å²) in [6.07, 6.45) is -1.37. The maximum atomic E-state index is 14.0. The molecule has 4 rings (SSSR count). The highest BCUT2D eigenvalue weighted by Crippen LogP contribution is 2.42. The highest BCUT2D eigenvalue weighted by molar-refractivity contribution is 5.89. The summed E-state index contributed by atoms with van der Waals surface area (Å²) in [5, 5.41) is 13.8. The van der Waals surface area contributed by atoms with Gasteiger partial charge in [-0.3, -0.25) is 4.79 Å². The summed E-state index contributed by atoms with van der Waals surface area (Å²) in [4.78, 5) is 24.5. The number of amides is 1. The number of nitrogens with one attached hydrogen (secondary N) is 1. The van der Waals surface area contributed by atoms with Crippen LogP contribution in [-0.2, 0) is 20.7 Å². The number of benzene rings is 3. The van der Waals surface area contributed by atoms with E-state index >= 15 is 0 Å². The number of phenolic OH excluding ortho intramolecular Hbond substituents is 1. The molecule has 3 aromatic carbocycles. The zero-order valence-electron chi connectivity index (χ0n) is 23.4. The first-order valence-electron chi connectivity index (χ1n) is 13.4. The normalized spacial score (nSPS) is 21.9. The van der Waals surface area contributed by atoms with Gasteiger partial charge < -0.3 is 24.6 Å². The molecule has 1 fully saturated rings. The molecular weight excluding hydrogens is 513 g/mol. The molecular formula is C32H36FNO6. The number of esters is 1. The molecule has 3 aromatic rings. The largest absolute Gasteiger partial charge is 0.504 e. The SMILES string of the molecule is CC(=O)NCCc1cc(O[C@@H]2OC(C)(C)[C@H](C)[C@@H](C)[C@H]2OC(=O)c2ccccc2)c(O)cc1-c1cccc(F)c1. The second kappa shape index (κ2) is 12.1. The smallest absolute Gasteiger partial charge is 0.338 e. The molecule has 0 radical (unpaired) electrons. The van der Waals surface area contributed by atoms with Crippen molar-refractivity contribution >= 4 is 11.9 Å². The van der Waals surface area contributed by atoms with Gasteiger partial charge in [-0.2, -0.15) is 0 Å². The topological polar surface area (TPSA) is 94.1 Å². The molecule has 8 heteroatoms. The second-order valence-corrected chi connectivity index (χ2v) is 10.8. The summed E-state index contributed by atoms with van der Waals surface area (Å²) in [5.74, 6) is -1.24. The molecule has 0 aliphatic carbocycles. The monoisotopic (exact) mass is 549 g/mol. The number of hydrogen-bond donors (Lipinski definition) is 2. The molecule has 0 bridgehead atoms. The van der Waals surface area contributed by atoms with Crippen molar-refractivity contribution in [2.45, 2.75) is 59.0 Å². The molecule has 7 nitrogen and oxygen atoms in total. The number of carbonyl (C=O) groups is 2. The Labute approximate surface area is 234 Å². The van der Waals surface area contributed by atoms with E-state index in [4.69, 9.17) is 14.2 Å². The maximum absolute atomic E-state index is 14.0. The highest BCUT2D eigenvalue weighted by Gasteiger charge is 2.49. The number of hydrogen-bond acceptors (Lipinski definition) is 6. The van der Waals surface area contributed by atoms with E-state index in [0.717, 1.165) is 5.56 Å². The fourth-order valence-corrected chi connectivity index (χ4v) is 4.99. The van der Waals surface area contributed by atoms with Crippen molar-refractivity contribution in [3.05, 3.63) is 83.7 Å². The summed E-state index contributed by atoms with van der Waals surface area (Å²) in [7, 11) is 0. The highest BCUT2D eigenvalue weighted by atomic mass is 19.1. The van der Waals surface area contributed by atoms with E-state index in [1.54, 1.807) is 42.5 Å². The molecule has 0 aromatic heterocycles. The molecule has 212 valence electrons. The third-order valence-electron chi connectivity index (χ3n) is 7.68. The van der Waals surface area contributed by atoms with E-state index in [-0.39, 0.29) is 29.2 Å². The molecule has 1 aliphatic rings. The van der Waals surface area contributed by atoms with E-state index in [1.807, 2.05) is 33.8 Å². The lowest BCUT2D eigenvalue weighted by molar-refractivity contribution is -0.269. The van der Waals surface area contributed by atoms with Gasteiger partial charge in [-0.05, 0) is 79.3 Å². The molecule has 2 N–H and O–H groups in total. The van der Waals surface area contributed by atoms with Gasteiger partial charge in [0, 0.05) is 19.4 Å². The minimum atomic E-state index is -1.01. The van der Waals surface area contributed by atoms with Crippen molar-refractivity contribution < 1.29 is 33.3 Å². The van der Waals surface area contributed by atoms with Crippen molar-refractivity contribution in [2.24, 2.45) is 11.8 Å². The van der Waals surface area contributed by atoms with Crippen molar-refractivity contribution in [1.29, 1.82) is 0 Å². The third kappa shape index (κ3) is 6.62. The molecule has 40 heavy (non-hydrogen) atoms. The van der Waals surface area contributed by atoms with Gasteiger partial charge in [-0.25, -0.2) is 9.18 Å². The first-order valence-corrected chi connectivity index (χ1v) is 13.4. The van der Waals surface area contributed by atoms with Crippen LogP contribution in [0.5, 0.6) is 11.5 Å². The number of ether oxygens (including phenoxy) is 3. The van der Waals surface area contributed by atoms with Gasteiger partial charge in [-0.1, -0.05) is 44.2 Å². The average molecular weight is 550 g/mol. The molecule has 1 aliphatic heterocycles. The van der Waals surface area contributed by atoms with Gasteiger partial charge in [0.05, 0.1) is 11.2 Å². The van der Waals surface area contributed by atoms with Crippen molar-refractivity contribution in [3.8, 4) is 22.6 Å². The fraction of sp³-hybridized carbons (Fsp3) is 0.375. The molecule has 0 saturated carbocycles. The van der Waals surface area contributed by atoms with E-state index in [0.29, 0.717) is 29.7 Å². The summed E-state index contributed by atoms with van der Waals surface area (Å²) in [6, 6.07) is 17.9. The van der Waals surface area contributed by atoms with E-state index in [1.165, 1.54) is 25.1 Å². The van der Waals surface area contributed by atoms with Gasteiger partial charge >= 0.3 is 5.97 Å². The molecule has 0 unspecified atom stereocenters.